The Bertz CT molecular complexity index is 476. The van der Waals surface area contributed by atoms with Crippen LogP contribution in [0.3, 0.4) is 0 Å². The molecule has 3 rings (SSSR count). The van der Waals surface area contributed by atoms with Crippen LogP contribution in [0.1, 0.15) is 90.9 Å². The van der Waals surface area contributed by atoms with Crippen LogP contribution in [0.2, 0.25) is 0 Å². The highest BCUT2D eigenvalue weighted by atomic mass is 127. The van der Waals surface area contributed by atoms with Gasteiger partial charge in [-0.25, -0.2) is 0 Å². The zero-order valence-corrected chi connectivity index (χ0v) is 18.5. The first-order valence-electron chi connectivity index (χ1n) is 10.5. The third-order valence-electron chi connectivity index (χ3n) is 7.49. The quantitative estimate of drug-likeness (QED) is 0.346. The molecular formula is C21H35IO4. The summed E-state index contributed by atoms with van der Waals surface area (Å²) in [5, 5.41) is 22.4. The molecule has 0 radical (unpaired) electrons. The summed E-state index contributed by atoms with van der Waals surface area (Å²) in [5.41, 5.74) is -1.26. The van der Waals surface area contributed by atoms with Crippen molar-refractivity contribution >= 4 is 28.6 Å². The molecule has 0 aromatic carbocycles. The monoisotopic (exact) mass is 478 g/mol. The Labute approximate surface area is 171 Å². The molecule has 0 aliphatic heterocycles. The van der Waals surface area contributed by atoms with Gasteiger partial charge in [-0.3, -0.25) is 4.79 Å². The topological polar surface area (TPSA) is 66.8 Å². The molecule has 3 saturated carbocycles. The van der Waals surface area contributed by atoms with Crippen LogP contribution in [0, 0.1) is 11.8 Å². The summed E-state index contributed by atoms with van der Waals surface area (Å²) in [4.78, 5) is 12.6. The van der Waals surface area contributed by atoms with Gasteiger partial charge in [-0.1, -0.05) is 55.2 Å². The second kappa shape index (κ2) is 7.86. The molecule has 0 spiro atoms. The van der Waals surface area contributed by atoms with Crippen LogP contribution in [0.15, 0.2) is 0 Å². The van der Waals surface area contributed by atoms with Gasteiger partial charge in [-0.15, -0.1) is 0 Å². The van der Waals surface area contributed by atoms with Crippen LogP contribution in [-0.4, -0.2) is 36.9 Å². The van der Waals surface area contributed by atoms with E-state index in [1.807, 2.05) is 13.8 Å². The first-order valence-corrected chi connectivity index (χ1v) is 11.6. The fraction of sp³-hybridized carbons (Fsp3) is 0.952. The van der Waals surface area contributed by atoms with Crippen LogP contribution in [-0.2, 0) is 9.53 Å². The number of alkyl halides is 1. The molecule has 3 fully saturated rings. The van der Waals surface area contributed by atoms with Crippen molar-refractivity contribution < 1.29 is 19.7 Å². The second-order valence-corrected chi connectivity index (χ2v) is 11.7. The van der Waals surface area contributed by atoms with E-state index >= 15 is 0 Å². The number of hydrogen-bond donors (Lipinski definition) is 2. The molecule has 5 heteroatoms. The Balaban J connectivity index is 1.76. The number of rotatable bonds is 5. The summed E-state index contributed by atoms with van der Waals surface area (Å²) >= 11 is 2.18. The van der Waals surface area contributed by atoms with E-state index in [4.69, 9.17) is 4.74 Å². The Morgan fingerprint density at radius 1 is 1.00 bits per heavy atom. The molecular weight excluding hydrogens is 443 g/mol. The average Bonchev–Trinajstić information content (AvgIpc) is 3.25. The third-order valence-corrected chi connectivity index (χ3v) is 8.69. The maximum atomic E-state index is 12.6. The molecule has 0 heterocycles. The van der Waals surface area contributed by atoms with E-state index in [2.05, 4.69) is 22.6 Å². The average molecular weight is 478 g/mol. The van der Waals surface area contributed by atoms with Gasteiger partial charge in [0.25, 0.3) is 0 Å². The van der Waals surface area contributed by atoms with Crippen molar-refractivity contribution in [2.75, 3.05) is 0 Å². The van der Waals surface area contributed by atoms with E-state index in [-0.39, 0.29) is 23.9 Å². The summed E-state index contributed by atoms with van der Waals surface area (Å²) in [6, 6.07) is 0. The lowest BCUT2D eigenvalue weighted by Crippen LogP contribution is -2.49. The highest BCUT2D eigenvalue weighted by molar-refractivity contribution is 14.1. The Morgan fingerprint density at radius 3 is 1.81 bits per heavy atom. The standard InChI is InChI=1S/C21H35IO4/c1-3-19(2,22)18(23)26-17-13-15(20(24)8-4-5-9-20)12-16(14-17)21(25)10-6-7-11-21/h15-17,24-25H,3-14H2,1-2H3. The largest absolute Gasteiger partial charge is 0.461 e. The summed E-state index contributed by atoms with van der Waals surface area (Å²) < 4.78 is 5.44. The second-order valence-electron chi connectivity index (χ2n) is 9.30. The lowest BCUT2D eigenvalue weighted by molar-refractivity contribution is -0.163. The Hall–Kier alpha value is 0.120. The van der Waals surface area contributed by atoms with E-state index in [1.165, 1.54) is 0 Å². The molecule has 0 aromatic rings. The minimum Gasteiger partial charge on any atom is -0.461 e. The fourth-order valence-electron chi connectivity index (χ4n) is 5.45. The van der Waals surface area contributed by atoms with Crippen molar-refractivity contribution in [3.05, 3.63) is 0 Å². The summed E-state index contributed by atoms with van der Waals surface area (Å²) in [5.74, 6) is 0.114. The highest BCUT2D eigenvalue weighted by Gasteiger charge is 2.50. The van der Waals surface area contributed by atoms with E-state index in [9.17, 15) is 15.0 Å². The van der Waals surface area contributed by atoms with Crippen molar-refractivity contribution in [1.82, 2.24) is 0 Å². The number of halogens is 1. The molecule has 0 amide bonds. The SMILES string of the molecule is CCC(C)(I)C(=O)OC1CC(C2(O)CCCC2)CC(C2(O)CCCC2)C1. The summed E-state index contributed by atoms with van der Waals surface area (Å²) in [6.07, 6.45) is 10.6. The maximum Gasteiger partial charge on any atom is 0.322 e. The van der Waals surface area contributed by atoms with Gasteiger partial charge < -0.3 is 14.9 Å². The van der Waals surface area contributed by atoms with Crippen LogP contribution < -0.4 is 0 Å². The van der Waals surface area contributed by atoms with E-state index in [1.54, 1.807) is 0 Å². The van der Waals surface area contributed by atoms with E-state index in [0.717, 1.165) is 77.0 Å². The molecule has 0 bridgehead atoms. The highest BCUT2D eigenvalue weighted by Crippen LogP contribution is 2.50. The fourth-order valence-corrected chi connectivity index (χ4v) is 5.58. The molecule has 26 heavy (non-hydrogen) atoms. The van der Waals surface area contributed by atoms with Gasteiger partial charge in [0.15, 0.2) is 0 Å². The van der Waals surface area contributed by atoms with Crippen molar-refractivity contribution in [3.8, 4) is 0 Å². The molecule has 2 N–H and O–H groups in total. The van der Waals surface area contributed by atoms with E-state index < -0.39 is 14.6 Å². The smallest absolute Gasteiger partial charge is 0.322 e. The normalized spacial score (nSPS) is 35.8. The number of carbonyl (C=O) groups excluding carboxylic acids is 1. The van der Waals surface area contributed by atoms with Crippen LogP contribution >= 0.6 is 22.6 Å². The van der Waals surface area contributed by atoms with Crippen LogP contribution in [0.4, 0.5) is 0 Å². The summed E-state index contributed by atoms with van der Waals surface area (Å²) in [7, 11) is 0. The Kier molecular flexibility index (Phi) is 6.30. The molecule has 3 atom stereocenters. The van der Waals surface area contributed by atoms with Crippen molar-refractivity contribution in [2.45, 2.75) is 112 Å². The van der Waals surface area contributed by atoms with Gasteiger partial charge in [-0.2, -0.15) is 0 Å². The van der Waals surface area contributed by atoms with Gasteiger partial charge >= 0.3 is 5.97 Å². The minimum absolute atomic E-state index is 0.133. The first kappa shape index (κ1) is 20.8. The number of esters is 1. The molecule has 3 aliphatic rings. The van der Waals surface area contributed by atoms with Crippen LogP contribution in [0.5, 0.6) is 0 Å². The van der Waals surface area contributed by atoms with Crippen molar-refractivity contribution in [1.29, 1.82) is 0 Å². The third kappa shape index (κ3) is 4.24. The Morgan fingerprint density at radius 2 is 1.42 bits per heavy atom. The number of hydrogen-bond acceptors (Lipinski definition) is 4. The van der Waals surface area contributed by atoms with Gasteiger partial charge in [0.05, 0.1) is 11.2 Å². The first-order chi connectivity index (χ1) is 12.2. The number of carbonyl (C=O) groups is 1. The molecule has 4 nitrogen and oxygen atoms in total. The van der Waals surface area contributed by atoms with Gasteiger partial charge in [0.1, 0.15) is 9.53 Å². The van der Waals surface area contributed by atoms with Gasteiger partial charge in [-0.05, 0) is 70.1 Å². The molecule has 3 aliphatic carbocycles. The molecule has 0 saturated heterocycles. The van der Waals surface area contributed by atoms with Crippen molar-refractivity contribution in [3.63, 3.8) is 0 Å². The molecule has 150 valence electrons. The van der Waals surface area contributed by atoms with Gasteiger partial charge in [0.2, 0.25) is 0 Å². The van der Waals surface area contributed by atoms with Crippen LogP contribution in [0.25, 0.3) is 0 Å². The van der Waals surface area contributed by atoms with E-state index in [0.29, 0.717) is 0 Å². The number of ether oxygens (including phenoxy) is 1. The minimum atomic E-state index is -0.628. The zero-order chi connectivity index (χ0) is 19.0. The van der Waals surface area contributed by atoms with Gasteiger partial charge in [0, 0.05) is 0 Å². The molecule has 3 unspecified atom stereocenters. The lowest BCUT2D eigenvalue weighted by atomic mass is 9.66. The summed E-state index contributed by atoms with van der Waals surface area (Å²) in [6.45, 7) is 3.92. The lowest BCUT2D eigenvalue weighted by Gasteiger charge is -2.46. The molecule has 0 aromatic heterocycles. The van der Waals surface area contributed by atoms with Crippen molar-refractivity contribution in [2.24, 2.45) is 11.8 Å². The number of aliphatic hydroxyl groups is 2. The zero-order valence-electron chi connectivity index (χ0n) is 16.3. The predicted molar refractivity (Wildman–Crippen MR) is 110 cm³/mol. The predicted octanol–water partition coefficient (Wildman–Crippen LogP) is 4.53. The maximum absolute atomic E-state index is 12.6.